The van der Waals surface area contributed by atoms with E-state index in [1.54, 1.807) is 31.2 Å². The number of nitrogens with zero attached hydrogens (tertiary/aromatic N) is 1. The van der Waals surface area contributed by atoms with Gasteiger partial charge in [0.25, 0.3) is 5.91 Å². The number of benzene rings is 3. The first kappa shape index (κ1) is 17.7. The van der Waals surface area contributed by atoms with E-state index in [2.05, 4.69) is 0 Å². The van der Waals surface area contributed by atoms with Crippen molar-refractivity contribution in [1.82, 2.24) is 4.90 Å². The van der Waals surface area contributed by atoms with Crippen LogP contribution in [0.3, 0.4) is 0 Å². The summed E-state index contributed by atoms with van der Waals surface area (Å²) in [5.41, 5.74) is 1.00. The molecule has 0 fully saturated rings. The maximum absolute atomic E-state index is 13.5. The molecule has 0 saturated carbocycles. The Morgan fingerprint density at radius 2 is 1.77 bits per heavy atom. The number of hydrogen-bond acceptors (Lipinski definition) is 3. The van der Waals surface area contributed by atoms with Gasteiger partial charge in [-0.3, -0.25) is 4.79 Å². The molecule has 3 aromatic rings. The molecule has 0 radical (unpaired) electrons. The zero-order valence-corrected chi connectivity index (χ0v) is 14.7. The third kappa shape index (κ3) is 4.11. The molecule has 3 rings (SSSR count). The lowest BCUT2D eigenvalue weighted by Crippen LogP contribution is -2.31. The van der Waals surface area contributed by atoms with E-state index < -0.39 is 5.82 Å². The van der Waals surface area contributed by atoms with Crippen LogP contribution in [0.1, 0.15) is 5.56 Å². The molecule has 0 aliphatic heterocycles. The third-order valence-electron chi connectivity index (χ3n) is 4.15. The smallest absolute Gasteiger partial charge is 0.260 e. The normalized spacial score (nSPS) is 10.6. The summed E-state index contributed by atoms with van der Waals surface area (Å²) in [4.78, 5) is 13.8. The number of para-hydroxylation sites is 1. The van der Waals surface area contributed by atoms with E-state index in [1.165, 1.54) is 12.1 Å². The second-order valence-corrected chi connectivity index (χ2v) is 6.02. The molecule has 1 amide bonds. The zero-order valence-electron chi connectivity index (χ0n) is 14.7. The minimum Gasteiger partial charge on any atom is -0.497 e. The fraction of sp³-hybridized carbons (Fsp3) is 0.190. The highest BCUT2D eigenvalue weighted by Gasteiger charge is 2.12. The molecule has 5 heteroatoms. The Morgan fingerprint density at radius 3 is 2.54 bits per heavy atom. The van der Waals surface area contributed by atoms with Crippen molar-refractivity contribution in [3.63, 3.8) is 0 Å². The molecule has 0 atom stereocenters. The number of likely N-dealkylation sites (N-methyl/N-ethyl adjacent to an activating group) is 1. The third-order valence-corrected chi connectivity index (χ3v) is 4.15. The summed E-state index contributed by atoms with van der Waals surface area (Å²) in [5.74, 6) is 0.188. The first-order valence-electron chi connectivity index (χ1n) is 8.25. The van der Waals surface area contributed by atoms with Gasteiger partial charge >= 0.3 is 0 Å². The molecule has 0 aliphatic carbocycles. The van der Waals surface area contributed by atoms with Crippen LogP contribution < -0.4 is 9.47 Å². The molecule has 0 aliphatic rings. The number of halogens is 1. The number of ether oxygens (including phenoxy) is 2. The van der Waals surface area contributed by atoms with Crippen LogP contribution in [0.15, 0.2) is 60.7 Å². The van der Waals surface area contributed by atoms with Crippen LogP contribution in [0.2, 0.25) is 0 Å². The van der Waals surface area contributed by atoms with Crippen molar-refractivity contribution in [2.75, 3.05) is 20.8 Å². The highest BCUT2D eigenvalue weighted by Crippen LogP contribution is 2.22. The predicted molar refractivity (Wildman–Crippen MR) is 98.9 cm³/mol. The van der Waals surface area contributed by atoms with Crippen molar-refractivity contribution in [1.29, 1.82) is 0 Å². The minimum atomic E-state index is -0.479. The van der Waals surface area contributed by atoms with Crippen molar-refractivity contribution < 1.29 is 18.7 Å². The van der Waals surface area contributed by atoms with E-state index in [1.807, 2.05) is 36.4 Å². The molecule has 0 aromatic heterocycles. The molecule has 0 heterocycles. The van der Waals surface area contributed by atoms with Gasteiger partial charge in [0, 0.05) is 13.6 Å². The van der Waals surface area contributed by atoms with Crippen molar-refractivity contribution in [3.05, 3.63) is 72.0 Å². The molecule has 0 N–H and O–H groups in total. The van der Waals surface area contributed by atoms with Crippen LogP contribution in [0, 0.1) is 5.82 Å². The van der Waals surface area contributed by atoms with E-state index in [4.69, 9.17) is 9.47 Å². The lowest BCUT2D eigenvalue weighted by atomic mass is 10.1. The van der Waals surface area contributed by atoms with Crippen LogP contribution in [-0.4, -0.2) is 31.6 Å². The summed E-state index contributed by atoms with van der Waals surface area (Å²) in [6.45, 7) is 0.240. The molecule has 0 saturated heterocycles. The fourth-order valence-corrected chi connectivity index (χ4v) is 2.67. The molecular weight excluding hydrogens is 333 g/mol. The first-order chi connectivity index (χ1) is 12.6. The molecule has 26 heavy (non-hydrogen) atoms. The van der Waals surface area contributed by atoms with Crippen molar-refractivity contribution in [2.24, 2.45) is 0 Å². The van der Waals surface area contributed by atoms with Gasteiger partial charge in [-0.25, -0.2) is 4.39 Å². The number of carbonyl (C=O) groups excluding carboxylic acids is 1. The largest absolute Gasteiger partial charge is 0.497 e. The van der Waals surface area contributed by atoms with Crippen LogP contribution >= 0.6 is 0 Å². The molecule has 134 valence electrons. The monoisotopic (exact) mass is 353 g/mol. The maximum atomic E-state index is 13.5. The topological polar surface area (TPSA) is 38.8 Å². The van der Waals surface area contributed by atoms with E-state index in [0.29, 0.717) is 6.54 Å². The van der Waals surface area contributed by atoms with Gasteiger partial charge in [-0.2, -0.15) is 0 Å². The Kier molecular flexibility index (Phi) is 5.37. The summed E-state index contributed by atoms with van der Waals surface area (Å²) < 4.78 is 24.0. The van der Waals surface area contributed by atoms with E-state index >= 15 is 0 Å². The summed E-state index contributed by atoms with van der Waals surface area (Å²) in [6.07, 6.45) is 0. The molecular formula is C21H20FNO3. The van der Waals surface area contributed by atoms with E-state index in [9.17, 15) is 9.18 Å². The second kappa shape index (κ2) is 7.87. The average Bonchev–Trinajstić information content (AvgIpc) is 2.66. The van der Waals surface area contributed by atoms with Gasteiger partial charge in [0.15, 0.2) is 18.2 Å². The Hall–Kier alpha value is -3.08. The SMILES string of the molecule is COc1ccc2cc(CN(C)C(=O)COc3ccccc3F)ccc2c1. The second-order valence-electron chi connectivity index (χ2n) is 6.02. The molecule has 0 unspecified atom stereocenters. The average molecular weight is 353 g/mol. The zero-order chi connectivity index (χ0) is 18.5. The lowest BCUT2D eigenvalue weighted by Gasteiger charge is -2.18. The van der Waals surface area contributed by atoms with Gasteiger partial charge in [-0.15, -0.1) is 0 Å². The molecule has 0 spiro atoms. The van der Waals surface area contributed by atoms with Crippen LogP contribution in [0.4, 0.5) is 4.39 Å². The summed E-state index contributed by atoms with van der Waals surface area (Å²) in [6, 6.07) is 17.9. The standard InChI is InChI=1S/C21H20FNO3/c1-23(21(24)14-26-20-6-4-3-5-19(20)22)13-15-7-8-17-12-18(25-2)10-9-16(17)11-15/h3-12H,13-14H2,1-2H3. The maximum Gasteiger partial charge on any atom is 0.260 e. The number of fused-ring (bicyclic) bond motifs is 1. The van der Waals surface area contributed by atoms with Crippen LogP contribution in [-0.2, 0) is 11.3 Å². The van der Waals surface area contributed by atoms with Gasteiger partial charge in [0.1, 0.15) is 5.75 Å². The molecule has 4 nitrogen and oxygen atoms in total. The van der Waals surface area contributed by atoms with Gasteiger partial charge < -0.3 is 14.4 Å². The Morgan fingerprint density at radius 1 is 1.04 bits per heavy atom. The summed E-state index contributed by atoms with van der Waals surface area (Å²) in [5, 5.41) is 2.15. The molecule has 0 bridgehead atoms. The van der Waals surface area contributed by atoms with E-state index in [-0.39, 0.29) is 18.3 Å². The fourth-order valence-electron chi connectivity index (χ4n) is 2.67. The van der Waals surface area contributed by atoms with E-state index in [0.717, 1.165) is 22.1 Å². The number of methoxy groups -OCH3 is 1. The van der Waals surface area contributed by atoms with Crippen molar-refractivity contribution in [2.45, 2.75) is 6.54 Å². The van der Waals surface area contributed by atoms with Gasteiger partial charge in [-0.1, -0.05) is 30.3 Å². The highest BCUT2D eigenvalue weighted by molar-refractivity contribution is 5.84. The van der Waals surface area contributed by atoms with Crippen molar-refractivity contribution in [3.8, 4) is 11.5 Å². The molecule has 3 aromatic carbocycles. The minimum absolute atomic E-state index is 0.0777. The van der Waals surface area contributed by atoms with Crippen molar-refractivity contribution >= 4 is 16.7 Å². The predicted octanol–water partition coefficient (Wildman–Crippen LogP) is 4.02. The van der Waals surface area contributed by atoms with Crippen LogP contribution in [0.25, 0.3) is 10.8 Å². The van der Waals surface area contributed by atoms with Gasteiger partial charge in [-0.05, 0) is 46.7 Å². The quantitative estimate of drug-likeness (QED) is 0.672. The number of carbonyl (C=O) groups is 1. The Balaban J connectivity index is 1.63. The highest BCUT2D eigenvalue weighted by atomic mass is 19.1. The van der Waals surface area contributed by atoms with Crippen LogP contribution in [0.5, 0.6) is 11.5 Å². The number of hydrogen-bond donors (Lipinski definition) is 0. The Bertz CT molecular complexity index is 926. The number of amides is 1. The Labute approximate surface area is 151 Å². The first-order valence-corrected chi connectivity index (χ1v) is 8.25. The van der Waals surface area contributed by atoms with Gasteiger partial charge in [0.05, 0.1) is 7.11 Å². The van der Waals surface area contributed by atoms with Gasteiger partial charge in [0.2, 0.25) is 0 Å². The lowest BCUT2D eigenvalue weighted by molar-refractivity contribution is -0.132. The number of rotatable bonds is 6. The summed E-state index contributed by atoms with van der Waals surface area (Å²) >= 11 is 0. The summed E-state index contributed by atoms with van der Waals surface area (Å²) in [7, 11) is 3.34.